The van der Waals surface area contributed by atoms with E-state index >= 15 is 0 Å². The molecule has 1 aliphatic carbocycles. The molecule has 1 aliphatic rings. The monoisotopic (exact) mass is 553 g/mol. The number of carbonyl (C=O) groups is 1. The summed E-state index contributed by atoms with van der Waals surface area (Å²) in [7, 11) is 0. The first-order valence-electron chi connectivity index (χ1n) is 11.2. The first-order chi connectivity index (χ1) is 17.7. The van der Waals surface area contributed by atoms with E-state index in [0.29, 0.717) is 33.7 Å². The van der Waals surface area contributed by atoms with E-state index in [1.807, 2.05) is 0 Å². The Kier molecular flexibility index (Phi) is 8.40. The van der Waals surface area contributed by atoms with Gasteiger partial charge < -0.3 is 14.2 Å². The van der Waals surface area contributed by atoms with E-state index in [2.05, 4.69) is 9.72 Å². The highest BCUT2D eigenvalue weighted by molar-refractivity contribution is 6.35. The minimum atomic E-state index is -3.05. The molecular weight excluding hydrogens is 533 g/mol. The van der Waals surface area contributed by atoms with Gasteiger partial charge in [-0.25, -0.2) is 9.78 Å². The van der Waals surface area contributed by atoms with Gasteiger partial charge in [0.15, 0.2) is 23.9 Å². The molecule has 37 heavy (non-hydrogen) atoms. The lowest BCUT2D eigenvalue weighted by Crippen LogP contribution is -2.16. The molecule has 1 heterocycles. The maximum absolute atomic E-state index is 13.0. The van der Waals surface area contributed by atoms with Crippen molar-refractivity contribution in [2.75, 3.05) is 6.61 Å². The fourth-order valence-electron chi connectivity index (χ4n) is 3.52. The van der Waals surface area contributed by atoms with Crippen LogP contribution in [0.5, 0.6) is 11.5 Å². The third kappa shape index (κ3) is 7.05. The number of pyridine rings is 1. The lowest BCUT2D eigenvalue weighted by Gasteiger charge is -2.21. The molecule has 1 aromatic heterocycles. The zero-order chi connectivity index (χ0) is 26.5. The highest BCUT2D eigenvalue weighted by atomic mass is 35.5. The van der Waals surface area contributed by atoms with Crippen molar-refractivity contribution in [1.29, 1.82) is 0 Å². The Labute approximate surface area is 220 Å². The van der Waals surface area contributed by atoms with Crippen LogP contribution < -0.4 is 14.5 Å². The number of H-pyrrole nitrogens is 1. The van der Waals surface area contributed by atoms with Gasteiger partial charge in [0.05, 0.1) is 17.1 Å². The second-order valence-electron chi connectivity index (χ2n) is 8.37. The van der Waals surface area contributed by atoms with Crippen LogP contribution in [0.1, 0.15) is 40.4 Å². The van der Waals surface area contributed by atoms with Crippen molar-refractivity contribution in [2.24, 2.45) is 5.92 Å². The number of carbonyl (C=O) groups excluding carboxylic acids is 1. The second-order valence-corrected chi connectivity index (χ2v) is 9.19. The SMILES string of the molecule is O=C(O[C@@H](Cc1c(Cl)c[nH+]cc1Cl)c1ccc(OC(F)F)c(OCC2CC2)c1)c1ccc([N+](=O)[O-])cc1. The maximum Gasteiger partial charge on any atom is 0.387 e. The molecule has 0 saturated heterocycles. The molecule has 1 fully saturated rings. The Hall–Kier alpha value is -3.50. The first-order valence-corrected chi connectivity index (χ1v) is 12.0. The lowest BCUT2D eigenvalue weighted by molar-refractivity contribution is -0.384. The van der Waals surface area contributed by atoms with E-state index in [0.717, 1.165) is 12.8 Å². The minimum Gasteiger partial charge on any atom is -0.489 e. The number of benzene rings is 2. The average Bonchev–Trinajstić information content (AvgIpc) is 3.69. The topological polar surface area (TPSA) is 102 Å². The van der Waals surface area contributed by atoms with Crippen LogP contribution in [0.15, 0.2) is 54.9 Å². The van der Waals surface area contributed by atoms with Gasteiger partial charge in [-0.3, -0.25) is 10.1 Å². The van der Waals surface area contributed by atoms with Crippen molar-refractivity contribution in [3.8, 4) is 11.5 Å². The summed E-state index contributed by atoms with van der Waals surface area (Å²) in [4.78, 5) is 26.1. The van der Waals surface area contributed by atoms with Crippen molar-refractivity contribution in [2.45, 2.75) is 32.0 Å². The number of esters is 1. The summed E-state index contributed by atoms with van der Waals surface area (Å²) < 4.78 is 42.1. The van der Waals surface area contributed by atoms with Crippen molar-refractivity contribution in [1.82, 2.24) is 0 Å². The van der Waals surface area contributed by atoms with Gasteiger partial charge in [0.25, 0.3) is 5.69 Å². The van der Waals surface area contributed by atoms with Crippen LogP contribution in [0.25, 0.3) is 0 Å². The zero-order valence-corrected chi connectivity index (χ0v) is 20.7. The normalized spacial score (nSPS) is 13.8. The van der Waals surface area contributed by atoms with Crippen molar-refractivity contribution >= 4 is 34.9 Å². The highest BCUT2D eigenvalue weighted by Gasteiger charge is 2.26. The fourth-order valence-corrected chi connectivity index (χ4v) is 4.06. The van der Waals surface area contributed by atoms with Gasteiger partial charge in [0.2, 0.25) is 0 Å². The number of rotatable bonds is 11. The minimum absolute atomic E-state index is 0.0438. The van der Waals surface area contributed by atoms with Crippen molar-refractivity contribution in [3.05, 3.63) is 91.7 Å². The third-order valence-electron chi connectivity index (χ3n) is 5.68. The molecule has 0 aliphatic heterocycles. The predicted octanol–water partition coefficient (Wildman–Crippen LogP) is 6.25. The molecule has 4 rings (SSSR count). The van der Waals surface area contributed by atoms with Crippen LogP contribution in [0.4, 0.5) is 14.5 Å². The van der Waals surface area contributed by atoms with Crippen LogP contribution in [0.2, 0.25) is 10.0 Å². The molecule has 1 saturated carbocycles. The van der Waals surface area contributed by atoms with Crippen LogP contribution in [0.3, 0.4) is 0 Å². The first kappa shape index (κ1) is 26.6. The molecule has 3 aromatic rings. The van der Waals surface area contributed by atoms with E-state index in [-0.39, 0.29) is 29.2 Å². The Morgan fingerprint density at radius 3 is 2.35 bits per heavy atom. The third-order valence-corrected chi connectivity index (χ3v) is 6.35. The predicted molar refractivity (Wildman–Crippen MR) is 129 cm³/mol. The van der Waals surface area contributed by atoms with Crippen molar-refractivity contribution in [3.63, 3.8) is 0 Å². The van der Waals surface area contributed by atoms with E-state index < -0.39 is 23.6 Å². The van der Waals surface area contributed by atoms with Gasteiger partial charge in [-0.15, -0.1) is 0 Å². The molecule has 2 aromatic carbocycles. The maximum atomic E-state index is 13.0. The summed E-state index contributed by atoms with van der Waals surface area (Å²) in [5, 5.41) is 11.5. The summed E-state index contributed by atoms with van der Waals surface area (Å²) in [5.41, 5.74) is 0.802. The number of ether oxygens (including phenoxy) is 3. The molecule has 194 valence electrons. The molecule has 12 heteroatoms. The van der Waals surface area contributed by atoms with Gasteiger partial charge in [0.1, 0.15) is 16.1 Å². The summed E-state index contributed by atoms with van der Waals surface area (Å²) in [5.74, 6) is -0.482. The molecule has 8 nitrogen and oxygen atoms in total. The number of nitro benzene ring substituents is 1. The number of hydrogen-bond acceptors (Lipinski definition) is 6. The molecule has 1 N–H and O–H groups in total. The summed E-state index contributed by atoms with van der Waals surface area (Å²) in [6, 6.07) is 9.20. The van der Waals surface area contributed by atoms with Crippen LogP contribution in [-0.2, 0) is 11.2 Å². The van der Waals surface area contributed by atoms with E-state index in [1.165, 1.54) is 54.9 Å². The molecule has 0 amide bonds. The fraction of sp³-hybridized carbons (Fsp3) is 0.280. The quantitative estimate of drug-likeness (QED) is 0.158. The van der Waals surface area contributed by atoms with Gasteiger partial charge in [-0.2, -0.15) is 8.78 Å². The molecular formula is C25H21Cl2F2N2O6+. The number of alkyl halides is 2. The van der Waals surface area contributed by atoms with E-state index in [1.54, 1.807) is 0 Å². The Morgan fingerprint density at radius 1 is 1.08 bits per heavy atom. The number of nitrogens with one attached hydrogen (secondary N) is 1. The van der Waals surface area contributed by atoms with Gasteiger partial charge in [-0.05, 0) is 48.6 Å². The van der Waals surface area contributed by atoms with Gasteiger partial charge >= 0.3 is 12.6 Å². The largest absolute Gasteiger partial charge is 0.489 e. The molecule has 0 unspecified atom stereocenters. The van der Waals surface area contributed by atoms with E-state index in [9.17, 15) is 23.7 Å². The standard InChI is InChI=1S/C25H20Cl2F2N2O6/c26-19-11-30-12-20(27)18(19)10-22(36-24(32)15-3-6-17(7-4-15)31(33)34)16-5-8-21(37-25(28)29)23(9-16)35-13-14-1-2-14/h3-9,11-12,14,22,25H,1-2,10,13H2/p+1/t22-/m0/s1. The Bertz CT molecular complexity index is 1270. The van der Waals surface area contributed by atoms with Crippen LogP contribution >= 0.6 is 23.2 Å². The van der Waals surface area contributed by atoms with E-state index in [4.69, 9.17) is 32.7 Å². The number of nitro groups is 1. The van der Waals surface area contributed by atoms with Gasteiger partial charge in [0, 0.05) is 24.1 Å². The molecule has 0 spiro atoms. The number of halogens is 4. The average molecular weight is 554 g/mol. The molecule has 0 bridgehead atoms. The van der Waals surface area contributed by atoms with Gasteiger partial charge in [-0.1, -0.05) is 29.3 Å². The zero-order valence-electron chi connectivity index (χ0n) is 19.2. The summed E-state index contributed by atoms with van der Waals surface area (Å²) >= 11 is 12.6. The Morgan fingerprint density at radius 2 is 1.76 bits per heavy atom. The van der Waals surface area contributed by atoms with Crippen LogP contribution in [0, 0.1) is 16.0 Å². The number of aromatic nitrogens is 1. The highest BCUT2D eigenvalue weighted by Crippen LogP contribution is 2.38. The number of hydrogen-bond donors (Lipinski definition) is 0. The number of nitrogens with zero attached hydrogens (tertiary/aromatic N) is 1. The Balaban J connectivity index is 1.67. The molecule has 0 radical (unpaired) electrons. The molecule has 1 atom stereocenters. The second kappa shape index (κ2) is 11.7. The lowest BCUT2D eigenvalue weighted by atomic mass is 10.0. The number of non-ortho nitro benzene ring substituents is 1. The van der Waals surface area contributed by atoms with Crippen LogP contribution in [-0.4, -0.2) is 24.1 Å². The summed E-state index contributed by atoms with van der Waals surface area (Å²) in [6.07, 6.45) is 4.08. The smallest absolute Gasteiger partial charge is 0.387 e. The number of aromatic amines is 1. The summed E-state index contributed by atoms with van der Waals surface area (Å²) in [6.45, 7) is -2.72. The van der Waals surface area contributed by atoms with Crippen molar-refractivity contribution < 1.29 is 37.7 Å².